The maximum absolute atomic E-state index is 9.28. The normalized spacial score (nSPS) is 23.2. The van der Waals surface area contributed by atoms with Crippen molar-refractivity contribution >= 4 is 21.7 Å². The molecule has 0 saturated carbocycles. The van der Waals surface area contributed by atoms with E-state index in [4.69, 9.17) is 0 Å². The summed E-state index contributed by atoms with van der Waals surface area (Å²) in [5.41, 5.74) is 1.77. The molecule has 3 aliphatic rings. The van der Waals surface area contributed by atoms with Gasteiger partial charge in [-0.1, -0.05) is 0 Å². The lowest BCUT2D eigenvalue weighted by Crippen LogP contribution is -2.69. The summed E-state index contributed by atoms with van der Waals surface area (Å²) < 4.78 is 1.01. The topological polar surface area (TPSA) is 56.1 Å². The number of aromatic nitrogens is 2. The molecule has 0 aromatic carbocycles. The second kappa shape index (κ2) is 5.91. The van der Waals surface area contributed by atoms with Crippen LogP contribution in [0.5, 0.6) is 0 Å². The van der Waals surface area contributed by atoms with Gasteiger partial charge < -0.3 is 4.90 Å². The molecule has 2 unspecified atom stereocenters. The van der Waals surface area contributed by atoms with Crippen molar-refractivity contribution < 1.29 is 0 Å². The van der Waals surface area contributed by atoms with Crippen LogP contribution in [0.4, 0.5) is 5.82 Å². The predicted octanol–water partition coefficient (Wildman–Crippen LogP) is 2.57. The van der Waals surface area contributed by atoms with Crippen molar-refractivity contribution in [2.24, 2.45) is 0 Å². The summed E-state index contributed by atoms with van der Waals surface area (Å²) in [6, 6.07) is 10.9. The maximum Gasteiger partial charge on any atom is 0.147 e. The number of piperazine rings is 1. The molecule has 23 heavy (non-hydrogen) atoms. The summed E-state index contributed by atoms with van der Waals surface area (Å²) in [5, 5.41) is 9.28. The largest absolute Gasteiger partial charge is 0.347 e. The highest BCUT2D eigenvalue weighted by Crippen LogP contribution is 2.37. The van der Waals surface area contributed by atoms with Gasteiger partial charge in [-0.3, -0.25) is 9.88 Å². The molecule has 5 nitrogen and oxygen atoms in total. The number of hydrogen-bond acceptors (Lipinski definition) is 5. The molecule has 5 heterocycles. The van der Waals surface area contributed by atoms with Crippen LogP contribution in [0.3, 0.4) is 0 Å². The number of piperidine rings is 1. The number of nitriles is 1. The van der Waals surface area contributed by atoms with Crippen molar-refractivity contribution in [1.82, 2.24) is 14.9 Å². The van der Waals surface area contributed by atoms with Crippen LogP contribution in [0.1, 0.15) is 17.7 Å². The highest BCUT2D eigenvalue weighted by molar-refractivity contribution is 9.10. The van der Waals surface area contributed by atoms with E-state index in [-0.39, 0.29) is 0 Å². The molecule has 0 radical (unpaired) electrons. The average molecular weight is 370 g/mol. The molecule has 2 aromatic rings. The van der Waals surface area contributed by atoms with Crippen molar-refractivity contribution in [3.63, 3.8) is 0 Å². The van der Waals surface area contributed by atoms with Crippen LogP contribution in [0.25, 0.3) is 0 Å². The zero-order chi connectivity index (χ0) is 15.8. The van der Waals surface area contributed by atoms with E-state index in [1.807, 2.05) is 24.4 Å². The second-order valence-corrected chi connectivity index (χ2v) is 7.01. The molecular formula is C17H16BrN5. The van der Waals surface area contributed by atoms with Crippen LogP contribution >= 0.6 is 15.9 Å². The molecule has 0 amide bonds. The maximum atomic E-state index is 9.28. The van der Waals surface area contributed by atoms with Crippen molar-refractivity contribution in [3.8, 4) is 6.07 Å². The number of fused-ring (bicyclic) bond motifs is 2. The SMILES string of the molecule is N#Cc1cccnc1N1C2CC1CN(Cc1ccc(Br)cn1)C2. The summed E-state index contributed by atoms with van der Waals surface area (Å²) in [6.45, 7) is 2.87. The fraction of sp³-hybridized carbons (Fsp3) is 0.353. The highest BCUT2D eigenvalue weighted by Gasteiger charge is 2.45. The fourth-order valence-electron chi connectivity index (χ4n) is 3.59. The van der Waals surface area contributed by atoms with Gasteiger partial charge >= 0.3 is 0 Å². The molecule has 5 rings (SSSR count). The lowest BCUT2D eigenvalue weighted by molar-refractivity contribution is 0.106. The second-order valence-electron chi connectivity index (χ2n) is 6.10. The molecule has 3 saturated heterocycles. The minimum absolute atomic E-state index is 0.450. The first kappa shape index (κ1) is 14.6. The van der Waals surface area contributed by atoms with Crippen LogP contribution in [-0.2, 0) is 6.54 Å². The van der Waals surface area contributed by atoms with Crippen LogP contribution < -0.4 is 4.90 Å². The van der Waals surface area contributed by atoms with Crippen molar-refractivity contribution in [3.05, 3.63) is 52.4 Å². The van der Waals surface area contributed by atoms with Gasteiger partial charge in [-0.2, -0.15) is 5.26 Å². The zero-order valence-corrected chi connectivity index (χ0v) is 14.1. The Hall–Kier alpha value is -1.97. The first-order valence-electron chi connectivity index (χ1n) is 7.71. The van der Waals surface area contributed by atoms with Gasteiger partial charge in [0.2, 0.25) is 0 Å². The first-order chi connectivity index (χ1) is 11.2. The van der Waals surface area contributed by atoms with E-state index in [2.05, 4.69) is 47.8 Å². The van der Waals surface area contributed by atoms with Crippen LogP contribution in [-0.4, -0.2) is 40.0 Å². The van der Waals surface area contributed by atoms with Crippen molar-refractivity contribution in [2.45, 2.75) is 25.0 Å². The minimum Gasteiger partial charge on any atom is -0.347 e. The van der Waals surface area contributed by atoms with E-state index >= 15 is 0 Å². The van der Waals surface area contributed by atoms with Gasteiger partial charge in [-0.05, 0) is 46.6 Å². The first-order valence-corrected chi connectivity index (χ1v) is 8.50. The van der Waals surface area contributed by atoms with E-state index in [9.17, 15) is 5.26 Å². The quantitative estimate of drug-likeness (QED) is 0.831. The number of halogens is 1. The monoisotopic (exact) mass is 369 g/mol. The molecular weight excluding hydrogens is 354 g/mol. The van der Waals surface area contributed by atoms with Gasteiger partial charge in [0, 0.05) is 48.6 Å². The average Bonchev–Trinajstić information content (AvgIpc) is 2.57. The molecule has 6 heteroatoms. The Kier molecular flexibility index (Phi) is 3.76. The Morgan fingerprint density at radius 3 is 2.74 bits per heavy atom. The van der Waals surface area contributed by atoms with Gasteiger partial charge in [0.1, 0.15) is 11.9 Å². The Morgan fingerprint density at radius 2 is 2.04 bits per heavy atom. The summed E-state index contributed by atoms with van der Waals surface area (Å²) in [7, 11) is 0. The van der Waals surface area contributed by atoms with Crippen molar-refractivity contribution in [1.29, 1.82) is 5.26 Å². The fourth-order valence-corrected chi connectivity index (χ4v) is 3.83. The highest BCUT2D eigenvalue weighted by atomic mass is 79.9. The zero-order valence-electron chi connectivity index (χ0n) is 12.6. The Morgan fingerprint density at radius 1 is 1.22 bits per heavy atom. The molecule has 0 aliphatic carbocycles. The summed E-state index contributed by atoms with van der Waals surface area (Å²) >= 11 is 3.42. The Balaban J connectivity index is 1.46. The summed E-state index contributed by atoms with van der Waals surface area (Å²) in [4.78, 5) is 13.7. The van der Waals surface area contributed by atoms with Crippen molar-refractivity contribution in [2.75, 3.05) is 18.0 Å². The van der Waals surface area contributed by atoms with Crippen LogP contribution in [0, 0.1) is 11.3 Å². The number of hydrogen-bond donors (Lipinski definition) is 0. The molecule has 3 aliphatic heterocycles. The molecule has 2 atom stereocenters. The third-order valence-electron chi connectivity index (χ3n) is 4.59. The smallest absolute Gasteiger partial charge is 0.147 e. The van der Waals surface area contributed by atoms with Gasteiger partial charge in [0.05, 0.1) is 11.3 Å². The van der Waals surface area contributed by atoms with E-state index in [1.165, 1.54) is 6.42 Å². The summed E-state index contributed by atoms with van der Waals surface area (Å²) in [6.07, 6.45) is 4.80. The number of pyridine rings is 2. The standard InChI is InChI=1S/C17H16BrN5/c18-13-3-4-14(21-8-13)9-22-10-15-6-16(11-22)23(15)17-12(7-19)2-1-5-20-17/h1-5,8,15-16H,6,9-11H2. The Bertz CT molecular complexity index is 742. The number of anilines is 1. The van der Waals surface area contributed by atoms with E-state index in [0.717, 1.165) is 35.6 Å². The lowest BCUT2D eigenvalue weighted by Gasteiger charge is -2.57. The third kappa shape index (κ3) is 2.71. The number of rotatable bonds is 3. The van der Waals surface area contributed by atoms with Gasteiger partial charge in [0.15, 0.2) is 0 Å². The van der Waals surface area contributed by atoms with Crippen LogP contribution in [0.2, 0.25) is 0 Å². The van der Waals surface area contributed by atoms with Gasteiger partial charge in [-0.15, -0.1) is 0 Å². The van der Waals surface area contributed by atoms with E-state index in [1.54, 1.807) is 6.20 Å². The van der Waals surface area contributed by atoms with Gasteiger partial charge in [-0.25, -0.2) is 4.98 Å². The molecule has 0 N–H and O–H groups in total. The van der Waals surface area contributed by atoms with Crippen LogP contribution in [0.15, 0.2) is 41.1 Å². The van der Waals surface area contributed by atoms with E-state index < -0.39 is 0 Å². The number of nitrogens with zero attached hydrogens (tertiary/aromatic N) is 5. The third-order valence-corrected chi connectivity index (χ3v) is 5.06. The minimum atomic E-state index is 0.450. The molecule has 116 valence electrons. The molecule has 3 fully saturated rings. The van der Waals surface area contributed by atoms with Gasteiger partial charge in [0.25, 0.3) is 0 Å². The lowest BCUT2D eigenvalue weighted by atomic mass is 9.87. The molecule has 2 bridgehead atoms. The summed E-state index contributed by atoms with van der Waals surface area (Å²) in [5.74, 6) is 0.845. The molecule has 0 spiro atoms. The molecule has 2 aromatic heterocycles. The predicted molar refractivity (Wildman–Crippen MR) is 90.8 cm³/mol. The Labute approximate surface area is 143 Å². The van der Waals surface area contributed by atoms with E-state index in [0.29, 0.717) is 17.6 Å².